The number of aromatic nitrogens is 6. The van der Waals surface area contributed by atoms with Crippen LogP contribution >= 0.6 is 0 Å². The van der Waals surface area contributed by atoms with Crippen LogP contribution in [0.4, 0.5) is 5.69 Å². The minimum Gasteiger partial charge on any atom is -0.338 e. The summed E-state index contributed by atoms with van der Waals surface area (Å²) >= 11 is 0. The van der Waals surface area contributed by atoms with Gasteiger partial charge in [-0.1, -0.05) is 30.3 Å². The van der Waals surface area contributed by atoms with Gasteiger partial charge < -0.3 is 10.3 Å². The minimum absolute atomic E-state index is 0.0585. The second kappa shape index (κ2) is 9.55. The Morgan fingerprint density at radius 2 is 1.76 bits per heavy atom. The highest BCUT2D eigenvalue weighted by Gasteiger charge is 2.18. The lowest BCUT2D eigenvalue weighted by molar-refractivity contribution is -0.116. The summed E-state index contributed by atoms with van der Waals surface area (Å²) in [7, 11) is 0. The van der Waals surface area contributed by atoms with Crippen molar-refractivity contribution in [2.24, 2.45) is 0 Å². The molecule has 0 radical (unpaired) electrons. The van der Waals surface area contributed by atoms with Crippen molar-refractivity contribution in [2.75, 3.05) is 5.32 Å². The van der Waals surface area contributed by atoms with Crippen LogP contribution < -0.4 is 5.32 Å². The number of aryl methyl sites for hydroxylation is 3. The maximum Gasteiger partial charge on any atom is 0.224 e. The van der Waals surface area contributed by atoms with Gasteiger partial charge in [0.05, 0.1) is 16.7 Å². The molecule has 0 fully saturated rings. The van der Waals surface area contributed by atoms with Gasteiger partial charge in [-0.2, -0.15) is 5.10 Å². The van der Waals surface area contributed by atoms with Crippen molar-refractivity contribution in [1.82, 2.24) is 29.5 Å². The van der Waals surface area contributed by atoms with Crippen molar-refractivity contribution in [3.63, 3.8) is 0 Å². The minimum atomic E-state index is -0.0585. The van der Waals surface area contributed by atoms with E-state index < -0.39 is 0 Å². The molecule has 38 heavy (non-hydrogen) atoms. The first kappa shape index (κ1) is 23.5. The van der Waals surface area contributed by atoms with E-state index in [1.165, 1.54) is 0 Å². The Hall–Kier alpha value is -4.85. The number of amides is 1. The molecule has 1 amide bonds. The third kappa shape index (κ3) is 4.30. The van der Waals surface area contributed by atoms with Crippen molar-refractivity contribution in [3.05, 3.63) is 95.7 Å². The highest BCUT2D eigenvalue weighted by molar-refractivity contribution is 5.93. The summed E-state index contributed by atoms with van der Waals surface area (Å²) in [6.07, 6.45) is 4.41. The largest absolute Gasteiger partial charge is 0.338 e. The van der Waals surface area contributed by atoms with E-state index >= 15 is 0 Å². The number of fused-ring (bicyclic) bond motifs is 2. The molecular formula is C30H27N7O. The molecule has 0 saturated carbocycles. The predicted octanol–water partition coefficient (Wildman–Crippen LogP) is 5.83. The third-order valence-electron chi connectivity index (χ3n) is 6.87. The molecule has 2 aromatic carbocycles. The number of hydrogen-bond acceptors (Lipinski definition) is 5. The molecular weight excluding hydrogens is 474 g/mol. The molecule has 0 aliphatic heterocycles. The molecule has 0 aliphatic carbocycles. The Morgan fingerprint density at radius 1 is 0.947 bits per heavy atom. The third-order valence-corrected chi connectivity index (χ3v) is 6.87. The molecule has 0 unspecified atom stereocenters. The highest BCUT2D eigenvalue weighted by atomic mass is 16.1. The van der Waals surface area contributed by atoms with Crippen molar-refractivity contribution in [2.45, 2.75) is 33.6 Å². The van der Waals surface area contributed by atoms with Crippen molar-refractivity contribution in [3.8, 4) is 22.5 Å². The summed E-state index contributed by atoms with van der Waals surface area (Å²) in [6.45, 7) is 6.06. The summed E-state index contributed by atoms with van der Waals surface area (Å²) in [5.41, 5.74) is 10.2. The number of carbonyl (C=O) groups excluding carboxylic acids is 1. The van der Waals surface area contributed by atoms with E-state index in [0.717, 1.165) is 67.5 Å². The van der Waals surface area contributed by atoms with Crippen LogP contribution in [0.15, 0.2) is 73.1 Å². The van der Waals surface area contributed by atoms with Crippen molar-refractivity contribution < 1.29 is 4.79 Å². The number of pyridine rings is 1. The van der Waals surface area contributed by atoms with Crippen LogP contribution in [-0.4, -0.2) is 35.5 Å². The Kier molecular flexibility index (Phi) is 5.92. The number of aromatic amines is 1. The number of anilines is 1. The van der Waals surface area contributed by atoms with Crippen LogP contribution in [0.2, 0.25) is 0 Å². The second-order valence-corrected chi connectivity index (χ2v) is 9.43. The Bertz CT molecular complexity index is 1790. The molecule has 8 heteroatoms. The molecule has 0 saturated heterocycles. The average molecular weight is 502 g/mol. The zero-order valence-electron chi connectivity index (χ0n) is 21.5. The smallest absolute Gasteiger partial charge is 0.224 e. The summed E-state index contributed by atoms with van der Waals surface area (Å²) in [4.78, 5) is 29.9. The topological polar surface area (TPSA) is 101 Å². The first-order chi connectivity index (χ1) is 18.5. The van der Waals surface area contributed by atoms with Crippen molar-refractivity contribution in [1.29, 1.82) is 0 Å². The Morgan fingerprint density at radius 3 is 2.55 bits per heavy atom. The number of hydrogen-bond donors (Lipinski definition) is 2. The van der Waals surface area contributed by atoms with Gasteiger partial charge in [-0.25, -0.2) is 14.5 Å². The van der Waals surface area contributed by atoms with Gasteiger partial charge in [-0.3, -0.25) is 9.78 Å². The molecule has 2 N–H and O–H groups in total. The van der Waals surface area contributed by atoms with Crippen LogP contribution in [0.5, 0.6) is 0 Å². The van der Waals surface area contributed by atoms with E-state index in [1.807, 2.05) is 73.8 Å². The van der Waals surface area contributed by atoms with E-state index in [9.17, 15) is 4.79 Å². The van der Waals surface area contributed by atoms with E-state index in [2.05, 4.69) is 32.4 Å². The Balaban J connectivity index is 1.20. The lowest BCUT2D eigenvalue weighted by Gasteiger charge is -2.12. The van der Waals surface area contributed by atoms with E-state index in [4.69, 9.17) is 10.1 Å². The van der Waals surface area contributed by atoms with Crippen LogP contribution in [0, 0.1) is 20.8 Å². The lowest BCUT2D eigenvalue weighted by Crippen LogP contribution is -2.14. The van der Waals surface area contributed by atoms with Gasteiger partial charge in [0.1, 0.15) is 5.82 Å². The van der Waals surface area contributed by atoms with Crippen LogP contribution in [0.1, 0.15) is 29.1 Å². The normalized spacial score (nSPS) is 11.3. The van der Waals surface area contributed by atoms with Crippen LogP contribution in [0.3, 0.4) is 0 Å². The van der Waals surface area contributed by atoms with E-state index in [-0.39, 0.29) is 5.91 Å². The molecule has 6 aromatic rings. The number of carbonyl (C=O) groups is 1. The fourth-order valence-corrected chi connectivity index (χ4v) is 4.96. The van der Waals surface area contributed by atoms with Crippen molar-refractivity contribution >= 4 is 28.3 Å². The number of rotatable bonds is 6. The molecule has 8 nitrogen and oxygen atoms in total. The number of imidazole rings is 1. The second-order valence-electron chi connectivity index (χ2n) is 9.43. The summed E-state index contributed by atoms with van der Waals surface area (Å²) in [5, 5.41) is 7.80. The zero-order valence-corrected chi connectivity index (χ0v) is 21.5. The molecule has 0 aliphatic rings. The molecule has 0 spiro atoms. The molecule has 6 rings (SSSR count). The van der Waals surface area contributed by atoms with Gasteiger partial charge in [0, 0.05) is 47.0 Å². The highest BCUT2D eigenvalue weighted by Crippen LogP contribution is 2.29. The van der Waals surface area contributed by atoms with Gasteiger partial charge >= 0.3 is 0 Å². The molecule has 188 valence electrons. The number of nitrogens with zero attached hydrogens (tertiary/aromatic N) is 5. The average Bonchev–Trinajstić information content (AvgIpc) is 3.50. The molecule has 0 atom stereocenters. The summed E-state index contributed by atoms with van der Waals surface area (Å²) < 4.78 is 1.91. The summed E-state index contributed by atoms with van der Waals surface area (Å²) in [6, 6.07) is 19.7. The van der Waals surface area contributed by atoms with Crippen LogP contribution in [0.25, 0.3) is 39.2 Å². The maximum atomic E-state index is 12.9. The number of benzene rings is 2. The zero-order chi connectivity index (χ0) is 26.2. The fourth-order valence-electron chi connectivity index (χ4n) is 4.96. The predicted molar refractivity (Wildman–Crippen MR) is 149 cm³/mol. The Labute approximate surface area is 219 Å². The summed E-state index contributed by atoms with van der Waals surface area (Å²) in [5.74, 6) is 0.687. The van der Waals surface area contributed by atoms with Gasteiger partial charge in [0.15, 0.2) is 5.65 Å². The van der Waals surface area contributed by atoms with Crippen LogP contribution in [-0.2, 0) is 11.2 Å². The first-order valence-electron chi connectivity index (χ1n) is 12.6. The standard InChI is InChI=1S/C30H27N7O/c1-18-24(20(3)37-30(32-18)28(19(2)36-37)21-8-5-4-6-9-21)12-14-27(38)33-23-11-13-25-26(16-23)35-29(34-25)22-10-7-15-31-17-22/h4-11,13,15-17H,12,14H2,1-3H3,(H,33,38)(H,34,35). The van der Waals surface area contributed by atoms with Gasteiger partial charge in [-0.15, -0.1) is 0 Å². The molecule has 0 bridgehead atoms. The monoisotopic (exact) mass is 501 g/mol. The van der Waals surface area contributed by atoms with E-state index in [0.29, 0.717) is 12.8 Å². The van der Waals surface area contributed by atoms with Gasteiger partial charge in [0.2, 0.25) is 5.91 Å². The fraction of sp³-hybridized carbons (Fsp3) is 0.167. The molecule has 4 heterocycles. The van der Waals surface area contributed by atoms with Gasteiger partial charge in [0.25, 0.3) is 0 Å². The van der Waals surface area contributed by atoms with E-state index in [1.54, 1.807) is 12.4 Å². The quantitative estimate of drug-likeness (QED) is 0.299. The molecule has 4 aromatic heterocycles. The number of nitrogens with one attached hydrogen (secondary N) is 2. The first-order valence-corrected chi connectivity index (χ1v) is 12.6. The van der Waals surface area contributed by atoms with Gasteiger partial charge in [-0.05, 0) is 68.7 Å². The SMILES string of the molecule is Cc1nc2c(-c3ccccc3)c(C)nn2c(C)c1CCC(=O)Nc1ccc2nc(-c3cccnc3)[nH]c2c1. The lowest BCUT2D eigenvalue weighted by atomic mass is 10.0. The number of H-pyrrole nitrogens is 1. The maximum absolute atomic E-state index is 12.9.